The molecule has 0 fully saturated rings. The van der Waals surface area contributed by atoms with E-state index in [1.807, 2.05) is 0 Å². The number of hydrogen-bond acceptors (Lipinski definition) is 4. The molecule has 0 aromatic carbocycles. The van der Waals surface area contributed by atoms with Crippen LogP contribution >= 0.6 is 0 Å². The molecule has 1 aromatic heterocycles. The minimum Gasteiger partial charge on any atom is -0.469 e. The van der Waals surface area contributed by atoms with Crippen molar-refractivity contribution in [3.05, 3.63) is 24.2 Å². The zero-order valence-electron chi connectivity index (χ0n) is 7.93. The van der Waals surface area contributed by atoms with Crippen molar-refractivity contribution >= 4 is 12.3 Å². The van der Waals surface area contributed by atoms with Gasteiger partial charge in [0.05, 0.1) is 12.9 Å². The number of carbonyl (C=O) groups excluding carboxylic acids is 2. The summed E-state index contributed by atoms with van der Waals surface area (Å²) in [6.07, 6.45) is 2.35. The summed E-state index contributed by atoms with van der Waals surface area (Å²) in [5.41, 5.74) is 0. The number of ether oxygens (including phenoxy) is 1. The summed E-state index contributed by atoms with van der Waals surface area (Å²) in [7, 11) is 0. The lowest BCUT2D eigenvalue weighted by molar-refractivity contribution is -0.149. The van der Waals surface area contributed by atoms with Crippen molar-refractivity contribution in [1.82, 2.24) is 0 Å². The maximum Gasteiger partial charge on any atom is 0.316 e. The largest absolute Gasteiger partial charge is 0.469 e. The van der Waals surface area contributed by atoms with Crippen molar-refractivity contribution in [2.45, 2.75) is 13.3 Å². The topological polar surface area (TPSA) is 56.5 Å². The molecular formula is C10H12O4. The van der Waals surface area contributed by atoms with Gasteiger partial charge in [-0.2, -0.15) is 0 Å². The molecule has 0 aliphatic rings. The molecule has 1 aromatic rings. The predicted octanol–water partition coefficient (Wildman–Crippen LogP) is 1.20. The lowest BCUT2D eigenvalue weighted by Gasteiger charge is -2.06. The van der Waals surface area contributed by atoms with Gasteiger partial charge in [-0.1, -0.05) is 0 Å². The molecule has 0 bridgehead atoms. The Labute approximate surface area is 81.9 Å². The van der Waals surface area contributed by atoms with Crippen LogP contribution in [-0.4, -0.2) is 18.9 Å². The molecule has 1 rings (SSSR count). The van der Waals surface area contributed by atoms with E-state index in [4.69, 9.17) is 9.15 Å². The van der Waals surface area contributed by atoms with E-state index in [0.29, 0.717) is 12.0 Å². The Morgan fingerprint density at radius 2 is 2.50 bits per heavy atom. The van der Waals surface area contributed by atoms with Crippen LogP contribution in [0.25, 0.3) is 0 Å². The second-order valence-electron chi connectivity index (χ2n) is 2.78. The van der Waals surface area contributed by atoms with Crippen molar-refractivity contribution in [3.63, 3.8) is 0 Å². The van der Waals surface area contributed by atoms with Gasteiger partial charge in [0.2, 0.25) is 0 Å². The third kappa shape index (κ3) is 2.73. The summed E-state index contributed by atoms with van der Waals surface area (Å²) in [5, 5.41) is 0. The highest BCUT2D eigenvalue weighted by Crippen LogP contribution is 2.09. The fourth-order valence-electron chi connectivity index (χ4n) is 1.08. The van der Waals surface area contributed by atoms with E-state index in [9.17, 15) is 9.59 Å². The normalized spacial score (nSPS) is 12.1. The molecule has 0 saturated carbocycles. The fourth-order valence-corrected chi connectivity index (χ4v) is 1.08. The summed E-state index contributed by atoms with van der Waals surface area (Å²) in [4.78, 5) is 21.8. The van der Waals surface area contributed by atoms with Gasteiger partial charge in [0.1, 0.15) is 18.0 Å². The smallest absolute Gasteiger partial charge is 0.316 e. The van der Waals surface area contributed by atoms with E-state index >= 15 is 0 Å². The maximum absolute atomic E-state index is 11.2. The summed E-state index contributed by atoms with van der Waals surface area (Å²) in [5.74, 6) is -0.657. The van der Waals surface area contributed by atoms with E-state index in [1.54, 1.807) is 19.1 Å². The van der Waals surface area contributed by atoms with Crippen LogP contribution in [-0.2, 0) is 20.7 Å². The third-order valence-corrected chi connectivity index (χ3v) is 1.75. The second-order valence-corrected chi connectivity index (χ2v) is 2.78. The lowest BCUT2D eigenvalue weighted by Crippen LogP contribution is -2.21. The van der Waals surface area contributed by atoms with Crippen LogP contribution in [0.3, 0.4) is 0 Å². The van der Waals surface area contributed by atoms with Crippen molar-refractivity contribution in [2.24, 2.45) is 5.92 Å². The fraction of sp³-hybridized carbons (Fsp3) is 0.400. The molecular weight excluding hydrogens is 184 g/mol. The van der Waals surface area contributed by atoms with Gasteiger partial charge >= 0.3 is 5.97 Å². The first-order chi connectivity index (χ1) is 6.77. The average molecular weight is 196 g/mol. The Kier molecular flexibility index (Phi) is 3.91. The van der Waals surface area contributed by atoms with E-state index < -0.39 is 11.9 Å². The van der Waals surface area contributed by atoms with Gasteiger partial charge in [0.25, 0.3) is 0 Å². The molecule has 0 spiro atoms. The Hall–Kier alpha value is -1.58. The Morgan fingerprint density at radius 3 is 3.00 bits per heavy atom. The van der Waals surface area contributed by atoms with E-state index in [-0.39, 0.29) is 13.0 Å². The van der Waals surface area contributed by atoms with Crippen LogP contribution < -0.4 is 0 Å². The summed E-state index contributed by atoms with van der Waals surface area (Å²) < 4.78 is 9.76. The molecule has 0 N–H and O–H groups in total. The Balaban J connectivity index is 2.55. The van der Waals surface area contributed by atoms with Crippen LogP contribution in [0, 0.1) is 5.92 Å². The zero-order valence-corrected chi connectivity index (χ0v) is 7.93. The Bertz CT molecular complexity index is 289. The van der Waals surface area contributed by atoms with Crippen LogP contribution in [0.4, 0.5) is 0 Å². The number of furan rings is 1. The first-order valence-corrected chi connectivity index (χ1v) is 4.42. The minimum atomic E-state index is -0.763. The average Bonchev–Trinajstić information content (AvgIpc) is 2.66. The van der Waals surface area contributed by atoms with Crippen molar-refractivity contribution < 1.29 is 18.7 Å². The molecule has 0 amide bonds. The predicted molar refractivity (Wildman–Crippen MR) is 48.6 cm³/mol. The number of esters is 1. The highest BCUT2D eigenvalue weighted by molar-refractivity contribution is 5.87. The lowest BCUT2D eigenvalue weighted by atomic mass is 10.1. The number of aldehydes is 1. The molecule has 1 atom stereocenters. The highest BCUT2D eigenvalue weighted by Gasteiger charge is 2.20. The van der Waals surface area contributed by atoms with Gasteiger partial charge in [0.15, 0.2) is 0 Å². The van der Waals surface area contributed by atoms with Crippen molar-refractivity contribution in [2.75, 3.05) is 6.61 Å². The maximum atomic E-state index is 11.2. The van der Waals surface area contributed by atoms with E-state index in [0.717, 1.165) is 0 Å². The van der Waals surface area contributed by atoms with Crippen LogP contribution in [0.15, 0.2) is 22.8 Å². The molecule has 0 saturated heterocycles. The number of carbonyl (C=O) groups is 2. The van der Waals surface area contributed by atoms with Crippen LogP contribution in [0.5, 0.6) is 0 Å². The SMILES string of the molecule is CCOC(=O)C(C=O)Cc1ccco1. The first kappa shape index (κ1) is 10.5. The van der Waals surface area contributed by atoms with Crippen LogP contribution in [0.1, 0.15) is 12.7 Å². The molecule has 0 aliphatic heterocycles. The van der Waals surface area contributed by atoms with Gasteiger partial charge in [-0.25, -0.2) is 0 Å². The van der Waals surface area contributed by atoms with E-state index in [1.165, 1.54) is 6.26 Å². The van der Waals surface area contributed by atoms with Gasteiger partial charge in [-0.3, -0.25) is 4.79 Å². The molecule has 1 unspecified atom stereocenters. The number of hydrogen-bond donors (Lipinski definition) is 0. The molecule has 0 radical (unpaired) electrons. The molecule has 4 nitrogen and oxygen atoms in total. The van der Waals surface area contributed by atoms with Gasteiger partial charge < -0.3 is 13.9 Å². The molecule has 76 valence electrons. The first-order valence-electron chi connectivity index (χ1n) is 4.42. The van der Waals surface area contributed by atoms with E-state index in [2.05, 4.69) is 0 Å². The quantitative estimate of drug-likeness (QED) is 0.403. The summed E-state index contributed by atoms with van der Waals surface area (Å²) in [6.45, 7) is 1.98. The third-order valence-electron chi connectivity index (χ3n) is 1.75. The zero-order chi connectivity index (χ0) is 10.4. The van der Waals surface area contributed by atoms with Crippen molar-refractivity contribution in [1.29, 1.82) is 0 Å². The van der Waals surface area contributed by atoms with Gasteiger partial charge in [-0.15, -0.1) is 0 Å². The van der Waals surface area contributed by atoms with Gasteiger partial charge in [-0.05, 0) is 19.1 Å². The standard InChI is InChI=1S/C10H12O4/c1-2-13-10(12)8(7-11)6-9-4-3-5-14-9/h3-5,7-8H,2,6H2,1H3. The molecule has 1 heterocycles. The van der Waals surface area contributed by atoms with Crippen LogP contribution in [0.2, 0.25) is 0 Å². The summed E-state index contributed by atoms with van der Waals surface area (Å²) >= 11 is 0. The minimum absolute atomic E-state index is 0.259. The molecule has 14 heavy (non-hydrogen) atoms. The number of rotatable bonds is 5. The van der Waals surface area contributed by atoms with Gasteiger partial charge in [0, 0.05) is 6.42 Å². The summed E-state index contributed by atoms with van der Waals surface area (Å²) in [6, 6.07) is 3.43. The second kappa shape index (κ2) is 5.21. The molecule has 4 heteroatoms. The monoisotopic (exact) mass is 196 g/mol. The highest BCUT2D eigenvalue weighted by atomic mass is 16.5. The van der Waals surface area contributed by atoms with Crippen molar-refractivity contribution in [3.8, 4) is 0 Å². The Morgan fingerprint density at radius 1 is 1.71 bits per heavy atom. The molecule has 0 aliphatic carbocycles.